The summed E-state index contributed by atoms with van der Waals surface area (Å²) in [6.07, 6.45) is 0.295. The summed E-state index contributed by atoms with van der Waals surface area (Å²) in [7, 11) is 0. The maximum absolute atomic E-state index is 11.3. The van der Waals surface area contributed by atoms with Gasteiger partial charge in [-0.1, -0.05) is 23.2 Å². The van der Waals surface area contributed by atoms with E-state index in [0.29, 0.717) is 31.8 Å². The first-order valence-corrected chi connectivity index (χ1v) is 11.4. The normalized spacial score (nSPS) is 28.3. The third-order valence-electron chi connectivity index (χ3n) is 5.57. The number of halogens is 2. The Morgan fingerprint density at radius 1 is 1.26 bits per heavy atom. The predicted molar refractivity (Wildman–Crippen MR) is 115 cm³/mol. The molecule has 2 N–H and O–H groups in total. The van der Waals surface area contributed by atoms with Crippen LogP contribution in [0, 0.1) is 0 Å². The Balaban J connectivity index is 1.53. The zero-order valence-electron chi connectivity index (χ0n) is 16.7. The van der Waals surface area contributed by atoms with E-state index < -0.39 is 36.4 Å². The lowest BCUT2D eigenvalue weighted by atomic mass is 10.0. The van der Waals surface area contributed by atoms with E-state index in [9.17, 15) is 10.2 Å². The fraction of sp³-hybridized carbons (Fsp3) is 0.500. The van der Waals surface area contributed by atoms with Gasteiger partial charge < -0.3 is 29.0 Å². The van der Waals surface area contributed by atoms with Gasteiger partial charge in [-0.05, 0) is 38.0 Å². The summed E-state index contributed by atoms with van der Waals surface area (Å²) < 4.78 is 21.0. The second-order valence-corrected chi connectivity index (χ2v) is 10.1. The van der Waals surface area contributed by atoms with Crippen LogP contribution >= 0.6 is 34.5 Å². The van der Waals surface area contributed by atoms with Gasteiger partial charge in [0.1, 0.15) is 41.5 Å². The van der Waals surface area contributed by atoms with E-state index in [0.717, 1.165) is 5.56 Å². The van der Waals surface area contributed by atoms with E-state index in [-0.39, 0.29) is 6.61 Å². The highest BCUT2D eigenvalue weighted by Gasteiger charge is 2.58. The van der Waals surface area contributed by atoms with Crippen LogP contribution in [0.15, 0.2) is 24.7 Å². The SMILES string of the molecule is CC1(C)O[C@@H]2[C@H](O1)[C@@H](C(O)c1sc(Cl)cc1CCO)O[C@H]2n1ccc2c(Cl)ncnc21. The van der Waals surface area contributed by atoms with Crippen molar-refractivity contribution in [3.63, 3.8) is 0 Å². The van der Waals surface area contributed by atoms with Crippen LogP contribution in [0.1, 0.15) is 36.6 Å². The van der Waals surface area contributed by atoms with Crippen LogP contribution < -0.4 is 0 Å². The Morgan fingerprint density at radius 3 is 2.81 bits per heavy atom. The van der Waals surface area contributed by atoms with Crippen LogP contribution in [0.5, 0.6) is 0 Å². The van der Waals surface area contributed by atoms with Crippen molar-refractivity contribution in [3.8, 4) is 0 Å². The average molecular weight is 486 g/mol. The summed E-state index contributed by atoms with van der Waals surface area (Å²) in [5.41, 5.74) is 1.39. The van der Waals surface area contributed by atoms with Gasteiger partial charge in [0, 0.05) is 17.7 Å². The number of hydrogen-bond donors (Lipinski definition) is 2. The smallest absolute Gasteiger partial charge is 0.164 e. The van der Waals surface area contributed by atoms with Crippen LogP contribution in [0.25, 0.3) is 11.0 Å². The van der Waals surface area contributed by atoms with Gasteiger partial charge in [0.2, 0.25) is 0 Å². The fourth-order valence-corrected chi connectivity index (χ4v) is 5.88. The van der Waals surface area contributed by atoms with Gasteiger partial charge in [-0.25, -0.2) is 9.97 Å². The molecule has 2 aliphatic heterocycles. The average Bonchev–Trinajstić information content (AvgIpc) is 3.44. The highest BCUT2D eigenvalue weighted by atomic mass is 35.5. The molecule has 0 radical (unpaired) electrons. The molecule has 0 aliphatic carbocycles. The standard InChI is InChI=1S/C20H21Cl2N3O5S/c1-20(2)29-14-13(12(27)16-9(4-6-26)7-11(21)31-16)28-19(15(14)30-20)25-5-3-10-17(22)23-8-24-18(10)25/h3,5,7-8,12-15,19,26-27H,4,6H2,1-2H3/t12?,13-,14-,15-,19-/m1/s1. The van der Waals surface area contributed by atoms with E-state index in [1.54, 1.807) is 6.07 Å². The van der Waals surface area contributed by atoms with Gasteiger partial charge in [0.15, 0.2) is 12.0 Å². The molecule has 0 aromatic carbocycles. The van der Waals surface area contributed by atoms with Crippen molar-refractivity contribution in [2.75, 3.05) is 6.61 Å². The van der Waals surface area contributed by atoms with Crippen molar-refractivity contribution in [3.05, 3.63) is 44.6 Å². The van der Waals surface area contributed by atoms with Crippen LogP contribution in [0.2, 0.25) is 9.49 Å². The Morgan fingerprint density at radius 2 is 2.03 bits per heavy atom. The molecule has 3 aromatic rings. The minimum atomic E-state index is -1.01. The maximum Gasteiger partial charge on any atom is 0.164 e. The zero-order valence-corrected chi connectivity index (χ0v) is 19.1. The molecular weight excluding hydrogens is 465 g/mol. The van der Waals surface area contributed by atoms with Crippen LogP contribution in [0.4, 0.5) is 0 Å². The largest absolute Gasteiger partial charge is 0.396 e. The molecule has 0 amide bonds. The van der Waals surface area contributed by atoms with Crippen molar-refractivity contribution < 1.29 is 24.4 Å². The van der Waals surface area contributed by atoms with Gasteiger partial charge >= 0.3 is 0 Å². The summed E-state index contributed by atoms with van der Waals surface area (Å²) in [5.74, 6) is -0.841. The molecule has 0 saturated carbocycles. The lowest BCUT2D eigenvalue weighted by Crippen LogP contribution is -2.34. The van der Waals surface area contributed by atoms with E-state index >= 15 is 0 Å². The molecule has 0 bridgehead atoms. The van der Waals surface area contributed by atoms with Gasteiger partial charge in [-0.15, -0.1) is 11.3 Å². The summed E-state index contributed by atoms with van der Waals surface area (Å²) in [4.78, 5) is 9.03. The molecule has 3 aromatic heterocycles. The number of rotatable bonds is 5. The molecule has 0 spiro atoms. The second-order valence-electron chi connectivity index (χ2n) is 8.04. The van der Waals surface area contributed by atoms with Crippen molar-refractivity contribution in [1.82, 2.24) is 14.5 Å². The molecule has 2 fully saturated rings. The quantitative estimate of drug-likeness (QED) is 0.533. The molecule has 5 atom stereocenters. The van der Waals surface area contributed by atoms with Gasteiger partial charge in [-0.2, -0.15) is 0 Å². The maximum atomic E-state index is 11.3. The third-order valence-corrected chi connectivity index (χ3v) is 7.25. The van der Waals surface area contributed by atoms with Crippen molar-refractivity contribution in [1.29, 1.82) is 0 Å². The number of nitrogens with zero attached hydrogens (tertiary/aromatic N) is 3. The van der Waals surface area contributed by atoms with E-state index in [1.807, 2.05) is 30.7 Å². The Hall–Kier alpha value is -1.30. The lowest BCUT2D eigenvalue weighted by molar-refractivity contribution is -0.207. The van der Waals surface area contributed by atoms with Crippen molar-refractivity contribution in [2.24, 2.45) is 0 Å². The summed E-state index contributed by atoms with van der Waals surface area (Å²) in [6.45, 7) is 3.62. The molecule has 1 unspecified atom stereocenters. The summed E-state index contributed by atoms with van der Waals surface area (Å²) in [6, 6.07) is 3.58. The topological polar surface area (TPSA) is 98.9 Å². The van der Waals surface area contributed by atoms with Crippen molar-refractivity contribution in [2.45, 2.75) is 56.7 Å². The number of fused-ring (bicyclic) bond motifs is 2. The van der Waals surface area contributed by atoms with E-state index in [4.69, 9.17) is 37.4 Å². The molecule has 2 saturated heterocycles. The van der Waals surface area contributed by atoms with Gasteiger partial charge in [0.25, 0.3) is 0 Å². The predicted octanol–water partition coefficient (Wildman–Crippen LogP) is 3.49. The first-order valence-electron chi connectivity index (χ1n) is 9.84. The highest BCUT2D eigenvalue weighted by molar-refractivity contribution is 7.16. The molecule has 5 heterocycles. The molecule has 8 nitrogen and oxygen atoms in total. The van der Waals surface area contributed by atoms with Crippen molar-refractivity contribution >= 4 is 45.6 Å². The van der Waals surface area contributed by atoms with Crippen LogP contribution in [-0.2, 0) is 20.6 Å². The first-order chi connectivity index (χ1) is 14.8. The minimum absolute atomic E-state index is 0.0462. The molecule has 2 aliphatic rings. The van der Waals surface area contributed by atoms with E-state index in [2.05, 4.69) is 9.97 Å². The Labute approximate surface area is 192 Å². The Bertz CT molecular complexity index is 1120. The van der Waals surface area contributed by atoms with Gasteiger partial charge in [0.05, 0.1) is 9.72 Å². The molecule has 31 heavy (non-hydrogen) atoms. The molecule has 5 rings (SSSR count). The number of hydrogen-bond acceptors (Lipinski definition) is 8. The van der Waals surface area contributed by atoms with Gasteiger partial charge in [-0.3, -0.25) is 0 Å². The molecular formula is C20H21Cl2N3O5S. The number of aliphatic hydroxyl groups excluding tert-OH is 2. The summed E-state index contributed by atoms with van der Waals surface area (Å²) >= 11 is 13.7. The zero-order chi connectivity index (χ0) is 21.9. The number of ether oxygens (including phenoxy) is 3. The highest BCUT2D eigenvalue weighted by Crippen LogP contribution is 2.48. The number of aromatic nitrogens is 3. The third kappa shape index (κ3) is 3.67. The first kappa shape index (κ1) is 21.5. The molecule has 166 valence electrons. The molecule has 11 heteroatoms. The fourth-order valence-electron chi connectivity index (χ4n) is 4.35. The summed E-state index contributed by atoms with van der Waals surface area (Å²) in [5, 5.41) is 21.7. The second kappa shape index (κ2) is 7.93. The van der Waals surface area contributed by atoms with Crippen LogP contribution in [-0.4, -0.2) is 55.5 Å². The number of thiophene rings is 1. The van der Waals surface area contributed by atoms with E-state index in [1.165, 1.54) is 17.7 Å². The monoisotopic (exact) mass is 485 g/mol. The van der Waals surface area contributed by atoms with Crippen LogP contribution in [0.3, 0.4) is 0 Å². The lowest BCUT2D eigenvalue weighted by Gasteiger charge is -2.27. The Kier molecular flexibility index (Phi) is 5.51. The number of aliphatic hydroxyl groups is 2. The minimum Gasteiger partial charge on any atom is -0.396 e.